The lowest BCUT2D eigenvalue weighted by molar-refractivity contribution is -0.119. The summed E-state index contributed by atoms with van der Waals surface area (Å²) in [6, 6.07) is 2.59. The van der Waals surface area contributed by atoms with Crippen molar-refractivity contribution < 1.29 is 14.3 Å². The van der Waals surface area contributed by atoms with E-state index in [2.05, 4.69) is 5.32 Å². The summed E-state index contributed by atoms with van der Waals surface area (Å²) in [6.07, 6.45) is 1.58. The summed E-state index contributed by atoms with van der Waals surface area (Å²) in [7, 11) is 1.48. The number of hydrogen-bond acceptors (Lipinski definition) is 4. The van der Waals surface area contributed by atoms with Crippen LogP contribution < -0.4 is 15.8 Å². The molecule has 0 saturated carbocycles. The van der Waals surface area contributed by atoms with Crippen LogP contribution >= 0.6 is 23.2 Å². The Morgan fingerprint density at radius 3 is 2.48 bits per heavy atom. The Morgan fingerprint density at radius 1 is 1.38 bits per heavy atom. The molecule has 1 aromatic carbocycles. The van der Waals surface area contributed by atoms with Crippen molar-refractivity contribution in [3.8, 4) is 5.75 Å². The fourth-order valence-electron chi connectivity index (χ4n) is 2.34. The number of amides is 1. The third-order valence-electron chi connectivity index (χ3n) is 3.55. The highest BCUT2D eigenvalue weighted by Gasteiger charge is 2.26. The molecule has 1 amide bonds. The lowest BCUT2D eigenvalue weighted by atomic mass is 9.92. The van der Waals surface area contributed by atoms with Crippen LogP contribution in [-0.4, -0.2) is 32.3 Å². The topological polar surface area (TPSA) is 73.6 Å². The van der Waals surface area contributed by atoms with E-state index in [4.69, 9.17) is 38.4 Å². The third kappa shape index (κ3) is 4.01. The van der Waals surface area contributed by atoms with Gasteiger partial charge in [-0.3, -0.25) is 4.79 Å². The second kappa shape index (κ2) is 7.31. The Hall–Kier alpha value is -1.01. The van der Waals surface area contributed by atoms with Crippen molar-refractivity contribution in [1.82, 2.24) is 0 Å². The Morgan fingerprint density at radius 2 is 1.95 bits per heavy atom. The Labute approximate surface area is 133 Å². The van der Waals surface area contributed by atoms with Crippen LogP contribution in [0.5, 0.6) is 5.75 Å². The molecule has 1 aliphatic rings. The van der Waals surface area contributed by atoms with Gasteiger partial charge < -0.3 is 20.5 Å². The van der Waals surface area contributed by atoms with E-state index in [1.54, 1.807) is 12.1 Å². The van der Waals surface area contributed by atoms with Gasteiger partial charge >= 0.3 is 0 Å². The van der Waals surface area contributed by atoms with Crippen molar-refractivity contribution in [1.29, 1.82) is 0 Å². The molecule has 0 radical (unpaired) electrons. The normalized spacial score (nSPS) is 17.3. The minimum Gasteiger partial charge on any atom is -0.494 e. The first-order valence-corrected chi connectivity index (χ1v) is 7.45. The van der Waals surface area contributed by atoms with E-state index in [1.807, 2.05) is 0 Å². The highest BCUT2D eigenvalue weighted by atomic mass is 35.5. The minimum absolute atomic E-state index is 0.128. The van der Waals surface area contributed by atoms with E-state index >= 15 is 0 Å². The summed E-state index contributed by atoms with van der Waals surface area (Å²) in [6.45, 7) is 1.29. The molecule has 1 fully saturated rings. The maximum Gasteiger partial charge on any atom is 0.241 e. The van der Waals surface area contributed by atoms with Gasteiger partial charge in [0.2, 0.25) is 5.91 Å². The fraction of sp³-hybridized carbons (Fsp3) is 0.500. The SMILES string of the molecule is COc1c(Cl)cc(NC(=O)C(N)C2CCOCC2)cc1Cl. The number of carbonyl (C=O) groups excluding carboxylic acids is 1. The van der Waals surface area contributed by atoms with E-state index in [0.29, 0.717) is 34.7 Å². The number of nitrogens with one attached hydrogen (secondary N) is 1. The molecule has 7 heteroatoms. The summed E-state index contributed by atoms with van der Waals surface area (Å²) < 4.78 is 10.3. The first-order chi connectivity index (χ1) is 10.0. The van der Waals surface area contributed by atoms with Gasteiger partial charge in [0.25, 0.3) is 0 Å². The van der Waals surface area contributed by atoms with Crippen LogP contribution in [0.15, 0.2) is 12.1 Å². The van der Waals surface area contributed by atoms with Gasteiger partial charge in [0, 0.05) is 18.9 Å². The number of nitrogens with two attached hydrogens (primary N) is 1. The smallest absolute Gasteiger partial charge is 0.241 e. The predicted octanol–water partition coefficient (Wildman–Crippen LogP) is 2.69. The minimum atomic E-state index is -0.575. The number of ether oxygens (including phenoxy) is 2. The molecule has 0 aromatic heterocycles. The molecule has 21 heavy (non-hydrogen) atoms. The van der Waals surface area contributed by atoms with Gasteiger partial charge in [0.05, 0.1) is 23.2 Å². The van der Waals surface area contributed by atoms with Crippen LogP contribution in [0.25, 0.3) is 0 Å². The number of benzene rings is 1. The number of rotatable bonds is 4. The van der Waals surface area contributed by atoms with Crippen LogP contribution in [0.3, 0.4) is 0 Å². The highest BCUT2D eigenvalue weighted by Crippen LogP contribution is 2.35. The zero-order valence-electron chi connectivity index (χ0n) is 11.7. The van der Waals surface area contributed by atoms with Crippen LogP contribution in [0, 0.1) is 5.92 Å². The molecule has 2 rings (SSSR count). The summed E-state index contributed by atoms with van der Waals surface area (Å²) >= 11 is 12.1. The monoisotopic (exact) mass is 332 g/mol. The van der Waals surface area contributed by atoms with Crippen molar-refractivity contribution in [2.45, 2.75) is 18.9 Å². The summed E-state index contributed by atoms with van der Waals surface area (Å²) in [4.78, 5) is 12.2. The molecule has 116 valence electrons. The summed E-state index contributed by atoms with van der Waals surface area (Å²) in [5, 5.41) is 3.41. The molecule has 1 atom stereocenters. The van der Waals surface area contributed by atoms with Gasteiger partial charge in [-0.2, -0.15) is 0 Å². The molecule has 1 heterocycles. The maximum atomic E-state index is 12.2. The molecular weight excluding hydrogens is 315 g/mol. The molecule has 3 N–H and O–H groups in total. The number of methoxy groups -OCH3 is 1. The average molecular weight is 333 g/mol. The lowest BCUT2D eigenvalue weighted by Gasteiger charge is -2.26. The zero-order chi connectivity index (χ0) is 15.4. The third-order valence-corrected chi connectivity index (χ3v) is 4.11. The van der Waals surface area contributed by atoms with Gasteiger partial charge in [-0.15, -0.1) is 0 Å². The Kier molecular flexibility index (Phi) is 5.70. The van der Waals surface area contributed by atoms with Gasteiger partial charge in [-0.05, 0) is 30.9 Å². The standard InChI is InChI=1S/C14H18Cl2N2O3/c1-20-13-10(15)6-9(7-11(13)16)18-14(19)12(17)8-2-4-21-5-3-8/h6-8,12H,2-5,17H2,1H3,(H,18,19). The fourth-order valence-corrected chi connectivity index (χ4v) is 2.98. The number of anilines is 1. The second-order valence-electron chi connectivity index (χ2n) is 4.94. The van der Waals surface area contributed by atoms with Crippen molar-refractivity contribution in [2.24, 2.45) is 11.7 Å². The zero-order valence-corrected chi connectivity index (χ0v) is 13.2. The number of halogens is 2. The van der Waals surface area contributed by atoms with E-state index in [9.17, 15) is 4.79 Å². The molecular formula is C14H18Cl2N2O3. The first kappa shape index (κ1) is 16.4. The van der Waals surface area contributed by atoms with Crippen LogP contribution in [-0.2, 0) is 9.53 Å². The van der Waals surface area contributed by atoms with Gasteiger partial charge in [0.1, 0.15) is 0 Å². The Balaban J connectivity index is 2.05. The van der Waals surface area contributed by atoms with E-state index in [-0.39, 0.29) is 11.8 Å². The Bertz CT molecular complexity index is 496. The molecule has 0 spiro atoms. The highest BCUT2D eigenvalue weighted by molar-refractivity contribution is 6.37. The van der Waals surface area contributed by atoms with Crippen LogP contribution in [0.4, 0.5) is 5.69 Å². The number of carbonyl (C=O) groups is 1. The van der Waals surface area contributed by atoms with Crippen molar-refractivity contribution in [3.05, 3.63) is 22.2 Å². The van der Waals surface area contributed by atoms with Gasteiger partial charge in [-0.25, -0.2) is 0 Å². The predicted molar refractivity (Wildman–Crippen MR) is 83.2 cm³/mol. The number of hydrogen-bond donors (Lipinski definition) is 2. The molecule has 1 aliphatic heterocycles. The summed E-state index contributed by atoms with van der Waals surface area (Å²) in [5.74, 6) is 0.257. The molecule has 1 unspecified atom stereocenters. The van der Waals surface area contributed by atoms with Crippen molar-refractivity contribution >= 4 is 34.8 Å². The molecule has 1 saturated heterocycles. The van der Waals surface area contributed by atoms with Crippen LogP contribution in [0.2, 0.25) is 10.0 Å². The van der Waals surface area contributed by atoms with E-state index < -0.39 is 6.04 Å². The molecule has 5 nitrogen and oxygen atoms in total. The van der Waals surface area contributed by atoms with Crippen LogP contribution in [0.1, 0.15) is 12.8 Å². The van der Waals surface area contributed by atoms with Crippen molar-refractivity contribution in [3.63, 3.8) is 0 Å². The van der Waals surface area contributed by atoms with Gasteiger partial charge in [-0.1, -0.05) is 23.2 Å². The molecule has 1 aromatic rings. The average Bonchev–Trinajstić information content (AvgIpc) is 2.47. The molecule has 0 aliphatic carbocycles. The quantitative estimate of drug-likeness (QED) is 0.888. The summed E-state index contributed by atoms with van der Waals surface area (Å²) in [5.41, 5.74) is 6.51. The van der Waals surface area contributed by atoms with E-state index in [1.165, 1.54) is 7.11 Å². The maximum absolute atomic E-state index is 12.2. The van der Waals surface area contributed by atoms with Crippen molar-refractivity contribution in [2.75, 3.05) is 25.6 Å². The lowest BCUT2D eigenvalue weighted by Crippen LogP contribution is -2.44. The largest absolute Gasteiger partial charge is 0.494 e. The molecule has 0 bridgehead atoms. The van der Waals surface area contributed by atoms with Gasteiger partial charge in [0.15, 0.2) is 5.75 Å². The van der Waals surface area contributed by atoms with E-state index in [0.717, 1.165) is 12.8 Å². The first-order valence-electron chi connectivity index (χ1n) is 6.70. The second-order valence-corrected chi connectivity index (χ2v) is 5.75.